The smallest absolute Gasteiger partial charge is 0.389 e. The first-order valence-corrected chi connectivity index (χ1v) is 10.6. The number of nitrogens with zero attached hydrogens (tertiary/aromatic N) is 2. The summed E-state index contributed by atoms with van der Waals surface area (Å²) in [6, 6.07) is 7.47. The van der Waals surface area contributed by atoms with Crippen LogP contribution in [0.4, 0.5) is 24.7 Å². The van der Waals surface area contributed by atoms with Crippen LogP contribution in [0.5, 0.6) is 0 Å². The average molecular weight is 471 g/mol. The molecule has 0 unspecified atom stereocenters. The van der Waals surface area contributed by atoms with Gasteiger partial charge in [-0.25, -0.2) is 4.68 Å². The molecule has 0 saturated carbocycles. The number of aromatic nitrogens is 2. The quantitative estimate of drug-likeness (QED) is 0.466. The van der Waals surface area contributed by atoms with Gasteiger partial charge in [-0.1, -0.05) is 29.8 Å². The summed E-state index contributed by atoms with van der Waals surface area (Å²) in [6.07, 6.45) is -5.58. The van der Waals surface area contributed by atoms with E-state index in [0.717, 1.165) is 9.56 Å². The number of rotatable bonds is 4. The van der Waals surface area contributed by atoms with Gasteiger partial charge in [-0.15, -0.1) is 11.3 Å². The summed E-state index contributed by atoms with van der Waals surface area (Å²) in [6.45, 7) is 1.58. The van der Waals surface area contributed by atoms with E-state index in [1.54, 1.807) is 48.7 Å². The molecule has 0 aliphatic carbocycles. The molecule has 0 bridgehead atoms. The van der Waals surface area contributed by atoms with Crippen LogP contribution in [0.2, 0.25) is 5.02 Å². The molecule has 1 aliphatic heterocycles. The SMILES string of the molecule is C[C@@H](O)c1cccc(NC(=O)c2nn3c(c2Cl)N[C@H](c2cccs2)C[C@@H]3C(F)(F)F)c1. The van der Waals surface area contributed by atoms with E-state index in [2.05, 4.69) is 15.7 Å². The third-order valence-electron chi connectivity index (χ3n) is 5.02. The van der Waals surface area contributed by atoms with Gasteiger partial charge in [0, 0.05) is 17.0 Å². The highest BCUT2D eigenvalue weighted by atomic mass is 35.5. The van der Waals surface area contributed by atoms with Gasteiger partial charge in [0.15, 0.2) is 11.7 Å². The number of carbonyl (C=O) groups excluding carboxylic acids is 1. The minimum Gasteiger partial charge on any atom is -0.389 e. The van der Waals surface area contributed by atoms with Gasteiger partial charge >= 0.3 is 6.18 Å². The maximum atomic E-state index is 13.8. The zero-order valence-corrected chi connectivity index (χ0v) is 17.7. The van der Waals surface area contributed by atoms with Crippen LogP contribution in [-0.2, 0) is 0 Å². The zero-order valence-electron chi connectivity index (χ0n) is 16.2. The molecule has 3 heterocycles. The summed E-state index contributed by atoms with van der Waals surface area (Å²) >= 11 is 7.66. The fraction of sp³-hybridized carbons (Fsp3) is 0.300. The lowest BCUT2D eigenvalue weighted by atomic mass is 10.0. The van der Waals surface area contributed by atoms with Crippen LogP contribution in [-0.4, -0.2) is 27.0 Å². The van der Waals surface area contributed by atoms with Crippen LogP contribution in [0, 0.1) is 0 Å². The lowest BCUT2D eigenvalue weighted by Crippen LogP contribution is -2.35. The van der Waals surface area contributed by atoms with Crippen molar-refractivity contribution < 1.29 is 23.1 Å². The molecule has 0 spiro atoms. The molecule has 164 valence electrons. The van der Waals surface area contributed by atoms with Crippen molar-refractivity contribution in [2.45, 2.75) is 37.7 Å². The van der Waals surface area contributed by atoms with Gasteiger partial charge in [0.05, 0.1) is 12.1 Å². The first-order chi connectivity index (χ1) is 14.6. The first-order valence-electron chi connectivity index (χ1n) is 9.39. The van der Waals surface area contributed by atoms with Crippen LogP contribution >= 0.6 is 22.9 Å². The van der Waals surface area contributed by atoms with Gasteiger partial charge in [0.1, 0.15) is 10.8 Å². The van der Waals surface area contributed by atoms with Crippen LogP contribution in [0.15, 0.2) is 41.8 Å². The van der Waals surface area contributed by atoms with Gasteiger partial charge in [-0.05, 0) is 36.1 Å². The van der Waals surface area contributed by atoms with Crippen molar-refractivity contribution in [3.63, 3.8) is 0 Å². The Morgan fingerprint density at radius 2 is 2.16 bits per heavy atom. The Bertz CT molecular complexity index is 1100. The summed E-state index contributed by atoms with van der Waals surface area (Å²) in [5, 5.41) is 20.8. The molecule has 3 aromatic rings. The number of thiophene rings is 1. The van der Waals surface area contributed by atoms with Crippen LogP contribution < -0.4 is 10.6 Å². The number of aliphatic hydroxyl groups excluding tert-OH is 1. The molecule has 0 saturated heterocycles. The molecule has 1 aliphatic rings. The molecule has 3 N–H and O–H groups in total. The predicted molar refractivity (Wildman–Crippen MR) is 113 cm³/mol. The van der Waals surface area contributed by atoms with E-state index in [1.807, 2.05) is 0 Å². The molecular weight excluding hydrogens is 453 g/mol. The van der Waals surface area contributed by atoms with Crippen LogP contribution in [0.3, 0.4) is 0 Å². The lowest BCUT2D eigenvalue weighted by Gasteiger charge is -2.32. The number of alkyl halides is 3. The van der Waals surface area contributed by atoms with Crippen molar-refractivity contribution in [3.05, 3.63) is 62.9 Å². The molecule has 0 fully saturated rings. The van der Waals surface area contributed by atoms with E-state index >= 15 is 0 Å². The van der Waals surface area contributed by atoms with E-state index in [1.165, 1.54) is 11.3 Å². The number of fused-ring (bicyclic) bond motifs is 1. The Kier molecular flexibility index (Phi) is 5.71. The van der Waals surface area contributed by atoms with Gasteiger partial charge in [0.2, 0.25) is 0 Å². The summed E-state index contributed by atoms with van der Waals surface area (Å²) < 4.78 is 42.1. The maximum absolute atomic E-state index is 13.8. The second-order valence-electron chi connectivity index (χ2n) is 7.22. The first kappa shape index (κ1) is 21.7. The van der Waals surface area contributed by atoms with E-state index in [-0.39, 0.29) is 23.0 Å². The standard InChI is InChI=1S/C20H18ClF3N4O2S/c1-10(29)11-4-2-5-12(8-11)25-19(30)17-16(21)18-26-13(14-6-3-7-31-14)9-15(20(22,23)24)28(18)27-17/h2-8,10,13,15,26,29H,9H2,1H3,(H,25,30)/t10-,13+,15-/m1/s1. The van der Waals surface area contributed by atoms with Crippen molar-refractivity contribution in [2.75, 3.05) is 10.6 Å². The number of aliphatic hydroxyl groups is 1. The molecule has 0 radical (unpaired) electrons. The Balaban J connectivity index is 1.67. The minimum absolute atomic E-state index is 0.0449. The number of anilines is 2. The Labute approximate surface area is 184 Å². The summed E-state index contributed by atoms with van der Waals surface area (Å²) in [7, 11) is 0. The minimum atomic E-state index is -4.57. The molecule has 3 atom stereocenters. The third-order valence-corrected chi connectivity index (χ3v) is 6.37. The third kappa shape index (κ3) is 4.28. The largest absolute Gasteiger partial charge is 0.410 e. The topological polar surface area (TPSA) is 79.2 Å². The molecule has 4 rings (SSSR count). The molecule has 1 amide bonds. The van der Waals surface area contributed by atoms with Gasteiger partial charge in [0.25, 0.3) is 5.91 Å². The summed E-state index contributed by atoms with van der Waals surface area (Å²) in [5.74, 6) is -0.790. The zero-order chi connectivity index (χ0) is 22.3. The van der Waals surface area contributed by atoms with E-state index < -0.39 is 30.3 Å². The fourth-order valence-electron chi connectivity index (χ4n) is 3.48. The Morgan fingerprint density at radius 1 is 1.39 bits per heavy atom. The van der Waals surface area contributed by atoms with Crippen molar-refractivity contribution in [2.24, 2.45) is 0 Å². The monoisotopic (exact) mass is 470 g/mol. The van der Waals surface area contributed by atoms with Crippen molar-refractivity contribution >= 4 is 40.4 Å². The van der Waals surface area contributed by atoms with Crippen LogP contribution in [0.25, 0.3) is 0 Å². The van der Waals surface area contributed by atoms with E-state index in [9.17, 15) is 23.1 Å². The highest BCUT2D eigenvalue weighted by Crippen LogP contribution is 2.46. The Hall–Kier alpha value is -2.56. The number of benzene rings is 1. The number of halogens is 4. The number of hydrogen-bond acceptors (Lipinski definition) is 5. The highest BCUT2D eigenvalue weighted by Gasteiger charge is 2.48. The predicted octanol–water partition coefficient (Wildman–Crippen LogP) is 5.56. The van der Waals surface area contributed by atoms with E-state index in [4.69, 9.17) is 11.6 Å². The number of hydrogen-bond donors (Lipinski definition) is 3. The highest BCUT2D eigenvalue weighted by molar-refractivity contribution is 7.10. The molecule has 31 heavy (non-hydrogen) atoms. The maximum Gasteiger partial charge on any atom is 0.410 e. The van der Waals surface area contributed by atoms with Gasteiger partial charge < -0.3 is 15.7 Å². The molecule has 1 aromatic carbocycles. The summed E-state index contributed by atoms with van der Waals surface area (Å²) in [5.41, 5.74) is 0.626. The van der Waals surface area contributed by atoms with Crippen molar-refractivity contribution in [1.29, 1.82) is 0 Å². The molecule has 2 aromatic heterocycles. The van der Waals surface area contributed by atoms with Crippen molar-refractivity contribution in [1.82, 2.24) is 9.78 Å². The lowest BCUT2D eigenvalue weighted by molar-refractivity contribution is -0.173. The second-order valence-corrected chi connectivity index (χ2v) is 8.57. The van der Waals surface area contributed by atoms with Crippen molar-refractivity contribution in [3.8, 4) is 0 Å². The number of carbonyl (C=O) groups is 1. The van der Waals surface area contributed by atoms with Gasteiger partial charge in [-0.2, -0.15) is 18.3 Å². The summed E-state index contributed by atoms with van der Waals surface area (Å²) in [4.78, 5) is 13.5. The molecule has 6 nitrogen and oxygen atoms in total. The average Bonchev–Trinajstić information content (AvgIpc) is 3.35. The normalized spacial score (nSPS) is 19.4. The fourth-order valence-corrected chi connectivity index (χ4v) is 4.53. The van der Waals surface area contributed by atoms with Gasteiger partial charge in [-0.3, -0.25) is 4.79 Å². The van der Waals surface area contributed by atoms with E-state index in [0.29, 0.717) is 11.3 Å². The second kappa shape index (κ2) is 8.18. The number of nitrogens with one attached hydrogen (secondary N) is 2. The number of amides is 1. The Morgan fingerprint density at radius 3 is 2.81 bits per heavy atom. The molecule has 11 heteroatoms. The molecular formula is C20H18ClF3N4O2S. The van der Waals surface area contributed by atoms with Crippen LogP contribution in [0.1, 0.15) is 52.5 Å².